The first kappa shape index (κ1) is 17.1. The van der Waals surface area contributed by atoms with Crippen LogP contribution in [0.15, 0.2) is 24.3 Å². The standard InChI is InChI=1S/C20H24N4O/c1-12-6-8-18(13(2)10-12)22-20(25)9-7-17-15(4)21-19-11-14(3)23-24(19)16(17)5/h6,8,10-11H,7,9H2,1-5H3,(H,22,25). The van der Waals surface area contributed by atoms with Gasteiger partial charge in [-0.2, -0.15) is 5.10 Å². The van der Waals surface area contributed by atoms with Gasteiger partial charge in [0.2, 0.25) is 5.91 Å². The molecule has 0 aliphatic rings. The third-order valence-corrected chi connectivity index (χ3v) is 4.54. The molecular weight excluding hydrogens is 312 g/mol. The van der Waals surface area contributed by atoms with Crippen LogP contribution in [0, 0.1) is 34.6 Å². The number of aromatic nitrogens is 3. The van der Waals surface area contributed by atoms with Crippen molar-refractivity contribution in [3.63, 3.8) is 0 Å². The summed E-state index contributed by atoms with van der Waals surface area (Å²) in [5.74, 6) is 0.0162. The van der Waals surface area contributed by atoms with Crippen LogP contribution in [0.5, 0.6) is 0 Å². The number of nitrogens with one attached hydrogen (secondary N) is 1. The molecule has 3 aromatic rings. The van der Waals surface area contributed by atoms with Gasteiger partial charge in [0.25, 0.3) is 0 Å². The zero-order valence-electron chi connectivity index (χ0n) is 15.5. The molecular formula is C20H24N4O. The number of hydrogen-bond acceptors (Lipinski definition) is 3. The highest BCUT2D eigenvalue weighted by Gasteiger charge is 2.13. The molecule has 0 saturated heterocycles. The molecule has 1 N–H and O–H groups in total. The predicted octanol–water partition coefficient (Wildman–Crippen LogP) is 3.84. The summed E-state index contributed by atoms with van der Waals surface area (Å²) in [5.41, 5.74) is 8.05. The van der Waals surface area contributed by atoms with Crippen LogP contribution in [0.1, 0.15) is 40.2 Å². The van der Waals surface area contributed by atoms with Crippen LogP contribution in [0.2, 0.25) is 0 Å². The van der Waals surface area contributed by atoms with Crippen LogP contribution >= 0.6 is 0 Å². The Kier molecular flexibility index (Phi) is 4.57. The molecule has 1 aromatic carbocycles. The molecule has 1 amide bonds. The van der Waals surface area contributed by atoms with E-state index in [1.165, 1.54) is 5.56 Å². The number of carbonyl (C=O) groups is 1. The van der Waals surface area contributed by atoms with Gasteiger partial charge in [0.05, 0.1) is 5.69 Å². The van der Waals surface area contributed by atoms with E-state index in [-0.39, 0.29) is 5.91 Å². The molecule has 0 bridgehead atoms. The van der Waals surface area contributed by atoms with Gasteiger partial charge in [0, 0.05) is 29.6 Å². The third kappa shape index (κ3) is 3.55. The number of benzene rings is 1. The Labute approximate surface area is 148 Å². The van der Waals surface area contributed by atoms with E-state index in [4.69, 9.17) is 0 Å². The van der Waals surface area contributed by atoms with E-state index in [0.29, 0.717) is 12.8 Å². The minimum Gasteiger partial charge on any atom is -0.326 e. The Morgan fingerprint density at radius 3 is 2.60 bits per heavy atom. The van der Waals surface area contributed by atoms with E-state index < -0.39 is 0 Å². The maximum atomic E-state index is 12.4. The summed E-state index contributed by atoms with van der Waals surface area (Å²) < 4.78 is 1.86. The largest absolute Gasteiger partial charge is 0.326 e. The van der Waals surface area contributed by atoms with Gasteiger partial charge in [0.15, 0.2) is 5.65 Å². The van der Waals surface area contributed by atoms with Crippen LogP contribution in [0.25, 0.3) is 5.65 Å². The number of hydrogen-bond donors (Lipinski definition) is 1. The molecule has 3 rings (SSSR count). The number of aryl methyl sites for hydroxylation is 5. The summed E-state index contributed by atoms with van der Waals surface area (Å²) in [7, 11) is 0. The number of amides is 1. The van der Waals surface area contributed by atoms with Gasteiger partial charge in [-0.1, -0.05) is 17.7 Å². The van der Waals surface area contributed by atoms with Crippen molar-refractivity contribution >= 4 is 17.2 Å². The van der Waals surface area contributed by atoms with Gasteiger partial charge < -0.3 is 5.32 Å². The molecule has 0 radical (unpaired) electrons. The van der Waals surface area contributed by atoms with Crippen molar-refractivity contribution < 1.29 is 4.79 Å². The normalized spacial score (nSPS) is 11.1. The van der Waals surface area contributed by atoms with Gasteiger partial charge in [-0.15, -0.1) is 0 Å². The lowest BCUT2D eigenvalue weighted by atomic mass is 10.1. The quantitative estimate of drug-likeness (QED) is 0.787. The fourth-order valence-corrected chi connectivity index (χ4v) is 3.21. The fourth-order valence-electron chi connectivity index (χ4n) is 3.21. The molecule has 130 valence electrons. The van der Waals surface area contributed by atoms with Crippen LogP contribution in [-0.4, -0.2) is 20.5 Å². The maximum absolute atomic E-state index is 12.4. The Bertz CT molecular complexity index is 956. The fraction of sp³-hybridized carbons (Fsp3) is 0.350. The van der Waals surface area contributed by atoms with Gasteiger partial charge in [-0.3, -0.25) is 4.79 Å². The molecule has 5 nitrogen and oxygen atoms in total. The van der Waals surface area contributed by atoms with Crippen molar-refractivity contribution in [3.8, 4) is 0 Å². The zero-order chi connectivity index (χ0) is 18.1. The van der Waals surface area contributed by atoms with Gasteiger partial charge in [-0.05, 0) is 58.2 Å². The Hall–Kier alpha value is -2.69. The highest BCUT2D eigenvalue weighted by Crippen LogP contribution is 2.19. The van der Waals surface area contributed by atoms with Crippen molar-refractivity contribution in [2.45, 2.75) is 47.5 Å². The second-order valence-corrected chi connectivity index (χ2v) is 6.68. The summed E-state index contributed by atoms with van der Waals surface area (Å²) in [6.45, 7) is 10.0. The monoisotopic (exact) mass is 336 g/mol. The summed E-state index contributed by atoms with van der Waals surface area (Å²) in [6, 6.07) is 8.01. The topological polar surface area (TPSA) is 59.3 Å². The minimum absolute atomic E-state index is 0.0162. The molecule has 2 heterocycles. The molecule has 0 fully saturated rings. The SMILES string of the molecule is Cc1ccc(NC(=O)CCc2c(C)nc3cc(C)nn3c2C)c(C)c1. The lowest BCUT2D eigenvalue weighted by Gasteiger charge is -2.12. The lowest BCUT2D eigenvalue weighted by molar-refractivity contribution is -0.116. The first-order valence-corrected chi connectivity index (χ1v) is 8.54. The van der Waals surface area contributed by atoms with Crippen molar-refractivity contribution in [2.75, 3.05) is 5.32 Å². The minimum atomic E-state index is 0.0162. The van der Waals surface area contributed by atoms with Crippen LogP contribution in [0.4, 0.5) is 5.69 Å². The average Bonchev–Trinajstić information content (AvgIpc) is 2.90. The van der Waals surface area contributed by atoms with E-state index in [9.17, 15) is 4.79 Å². The second kappa shape index (κ2) is 6.67. The van der Waals surface area contributed by atoms with E-state index >= 15 is 0 Å². The number of rotatable bonds is 4. The molecule has 25 heavy (non-hydrogen) atoms. The first-order chi connectivity index (χ1) is 11.8. The van der Waals surface area contributed by atoms with E-state index in [1.54, 1.807) is 0 Å². The number of fused-ring (bicyclic) bond motifs is 1. The van der Waals surface area contributed by atoms with Crippen molar-refractivity contribution in [1.82, 2.24) is 14.6 Å². The first-order valence-electron chi connectivity index (χ1n) is 8.54. The third-order valence-electron chi connectivity index (χ3n) is 4.54. The molecule has 5 heteroatoms. The zero-order valence-corrected chi connectivity index (χ0v) is 15.5. The van der Waals surface area contributed by atoms with Crippen LogP contribution in [-0.2, 0) is 11.2 Å². The maximum Gasteiger partial charge on any atom is 0.224 e. The predicted molar refractivity (Wildman–Crippen MR) is 100 cm³/mol. The molecule has 2 aromatic heterocycles. The molecule has 0 saturated carbocycles. The molecule has 0 atom stereocenters. The van der Waals surface area contributed by atoms with Crippen LogP contribution in [0.3, 0.4) is 0 Å². The van der Waals surface area contributed by atoms with Crippen molar-refractivity contribution in [1.29, 1.82) is 0 Å². The van der Waals surface area contributed by atoms with Crippen molar-refractivity contribution in [2.24, 2.45) is 0 Å². The Morgan fingerprint density at radius 1 is 1.12 bits per heavy atom. The highest BCUT2D eigenvalue weighted by atomic mass is 16.1. The highest BCUT2D eigenvalue weighted by molar-refractivity contribution is 5.91. The lowest BCUT2D eigenvalue weighted by Crippen LogP contribution is -2.15. The number of nitrogens with zero attached hydrogens (tertiary/aromatic N) is 3. The van der Waals surface area contributed by atoms with Gasteiger partial charge >= 0.3 is 0 Å². The summed E-state index contributed by atoms with van der Waals surface area (Å²) in [6.07, 6.45) is 1.07. The molecule has 0 aliphatic heterocycles. The van der Waals surface area contributed by atoms with Gasteiger partial charge in [0.1, 0.15) is 0 Å². The Morgan fingerprint density at radius 2 is 1.88 bits per heavy atom. The van der Waals surface area contributed by atoms with Crippen molar-refractivity contribution in [3.05, 3.63) is 58.0 Å². The van der Waals surface area contributed by atoms with Crippen LogP contribution < -0.4 is 5.32 Å². The average molecular weight is 336 g/mol. The molecule has 0 unspecified atom stereocenters. The second-order valence-electron chi connectivity index (χ2n) is 6.68. The Balaban J connectivity index is 1.74. The van der Waals surface area contributed by atoms with E-state index in [1.807, 2.05) is 57.3 Å². The van der Waals surface area contributed by atoms with E-state index in [0.717, 1.165) is 39.5 Å². The molecule has 0 spiro atoms. The summed E-state index contributed by atoms with van der Waals surface area (Å²) in [5, 5.41) is 7.49. The smallest absolute Gasteiger partial charge is 0.224 e. The number of carbonyl (C=O) groups excluding carboxylic acids is 1. The summed E-state index contributed by atoms with van der Waals surface area (Å²) in [4.78, 5) is 17.0. The summed E-state index contributed by atoms with van der Waals surface area (Å²) >= 11 is 0. The number of anilines is 1. The van der Waals surface area contributed by atoms with Gasteiger partial charge in [-0.25, -0.2) is 9.50 Å². The molecule has 0 aliphatic carbocycles. The van der Waals surface area contributed by atoms with E-state index in [2.05, 4.69) is 21.5 Å².